The molecule has 0 radical (unpaired) electrons. The quantitative estimate of drug-likeness (QED) is 0.804. The molecule has 2 aliphatic rings. The zero-order chi connectivity index (χ0) is 15.0. The van der Waals surface area contributed by atoms with E-state index in [9.17, 15) is 13.6 Å². The molecule has 0 bridgehead atoms. The molecule has 0 atom stereocenters. The molecule has 2 nitrogen and oxygen atoms in total. The minimum atomic E-state index is -2.59. The Hall–Kier alpha value is -0.970. The molecule has 0 unspecified atom stereocenters. The van der Waals surface area contributed by atoms with Crippen molar-refractivity contribution in [2.45, 2.75) is 44.4 Å². The van der Waals surface area contributed by atoms with E-state index in [4.69, 9.17) is 4.74 Å². The molecule has 0 saturated heterocycles. The predicted molar refractivity (Wildman–Crippen MR) is 79.0 cm³/mol. The number of fused-ring (bicyclic) bond motifs is 1. The third kappa shape index (κ3) is 3.28. The van der Waals surface area contributed by atoms with Gasteiger partial charge in [0.2, 0.25) is 5.92 Å². The molecule has 1 aromatic carbocycles. The normalized spacial score (nSPS) is 20.9. The summed E-state index contributed by atoms with van der Waals surface area (Å²) in [5, 5.41) is 0. The van der Waals surface area contributed by atoms with Crippen LogP contribution in [0.15, 0.2) is 16.6 Å². The topological polar surface area (TPSA) is 26.3 Å². The number of rotatable bonds is 3. The Morgan fingerprint density at radius 3 is 2.76 bits per heavy atom. The van der Waals surface area contributed by atoms with Crippen molar-refractivity contribution in [3.05, 3.63) is 27.7 Å². The smallest absolute Gasteiger partial charge is 0.248 e. The van der Waals surface area contributed by atoms with Gasteiger partial charge in [0.1, 0.15) is 11.5 Å². The van der Waals surface area contributed by atoms with Crippen molar-refractivity contribution < 1.29 is 18.3 Å². The van der Waals surface area contributed by atoms with Crippen LogP contribution < -0.4 is 4.74 Å². The van der Waals surface area contributed by atoms with Crippen molar-refractivity contribution in [2.24, 2.45) is 5.92 Å². The van der Waals surface area contributed by atoms with Crippen molar-refractivity contribution >= 4 is 21.7 Å². The Balaban J connectivity index is 1.71. The van der Waals surface area contributed by atoms with Crippen LogP contribution in [0.1, 0.15) is 36.8 Å². The number of ketones is 1. The van der Waals surface area contributed by atoms with Gasteiger partial charge >= 0.3 is 0 Å². The molecule has 1 aliphatic heterocycles. The Labute approximate surface area is 131 Å². The molecule has 5 heteroatoms. The van der Waals surface area contributed by atoms with Crippen LogP contribution in [0.4, 0.5) is 8.78 Å². The van der Waals surface area contributed by atoms with Crippen LogP contribution in [0.2, 0.25) is 0 Å². The fourth-order valence-corrected chi connectivity index (χ4v) is 3.72. The molecule has 1 aromatic rings. The van der Waals surface area contributed by atoms with Crippen molar-refractivity contribution in [3.63, 3.8) is 0 Å². The number of benzene rings is 1. The first-order valence-corrected chi connectivity index (χ1v) is 8.08. The molecule has 0 N–H and O–H groups in total. The second kappa shape index (κ2) is 5.67. The average Bonchev–Trinajstić information content (AvgIpc) is 2.86. The molecule has 0 aromatic heterocycles. The zero-order valence-electron chi connectivity index (χ0n) is 11.6. The third-order valence-corrected chi connectivity index (χ3v) is 4.82. The SMILES string of the molecule is O=C(Cc1cc(Br)cc2c1OCC2)C1CCC(F)(F)CC1. The Kier molecular flexibility index (Phi) is 4.04. The van der Waals surface area contributed by atoms with E-state index < -0.39 is 5.92 Å². The first-order valence-electron chi connectivity index (χ1n) is 7.29. The second-order valence-corrected chi connectivity index (χ2v) is 6.84. The predicted octanol–water partition coefficient (Wildman–Crippen LogP) is 4.32. The molecule has 3 rings (SSSR count). The van der Waals surface area contributed by atoms with E-state index in [1.165, 1.54) is 0 Å². The summed E-state index contributed by atoms with van der Waals surface area (Å²) in [5.74, 6) is -1.95. The van der Waals surface area contributed by atoms with Gasteiger partial charge in [-0.15, -0.1) is 0 Å². The van der Waals surface area contributed by atoms with E-state index >= 15 is 0 Å². The second-order valence-electron chi connectivity index (χ2n) is 5.92. The van der Waals surface area contributed by atoms with Gasteiger partial charge in [0.15, 0.2) is 0 Å². The summed E-state index contributed by atoms with van der Waals surface area (Å²) in [5.41, 5.74) is 1.99. The summed E-state index contributed by atoms with van der Waals surface area (Å²) in [6.45, 7) is 0.641. The van der Waals surface area contributed by atoms with Crippen molar-refractivity contribution in [3.8, 4) is 5.75 Å². The Morgan fingerprint density at radius 1 is 1.33 bits per heavy atom. The van der Waals surface area contributed by atoms with Crippen LogP contribution in [0.5, 0.6) is 5.75 Å². The van der Waals surface area contributed by atoms with E-state index in [0.717, 1.165) is 27.8 Å². The summed E-state index contributed by atoms with van der Waals surface area (Å²) in [6, 6.07) is 3.91. The average molecular weight is 359 g/mol. The van der Waals surface area contributed by atoms with Gasteiger partial charge in [-0.2, -0.15) is 0 Å². The highest BCUT2D eigenvalue weighted by atomic mass is 79.9. The number of hydrogen-bond acceptors (Lipinski definition) is 2. The van der Waals surface area contributed by atoms with Gasteiger partial charge in [-0.3, -0.25) is 4.79 Å². The van der Waals surface area contributed by atoms with Crippen molar-refractivity contribution in [2.75, 3.05) is 6.61 Å². The molecule has 114 valence electrons. The highest BCUT2D eigenvalue weighted by molar-refractivity contribution is 9.10. The van der Waals surface area contributed by atoms with Crippen LogP contribution in [0.25, 0.3) is 0 Å². The largest absolute Gasteiger partial charge is 0.493 e. The lowest BCUT2D eigenvalue weighted by molar-refractivity contribution is -0.126. The molecule has 1 saturated carbocycles. The summed E-state index contributed by atoms with van der Waals surface area (Å²) in [6.07, 6.45) is 1.38. The minimum absolute atomic E-state index is 0.0568. The van der Waals surface area contributed by atoms with E-state index in [-0.39, 0.29) is 31.0 Å². The van der Waals surface area contributed by atoms with Gasteiger partial charge in [-0.05, 0) is 30.5 Å². The van der Waals surface area contributed by atoms with Crippen LogP contribution in [0, 0.1) is 5.92 Å². The minimum Gasteiger partial charge on any atom is -0.493 e. The van der Waals surface area contributed by atoms with Gasteiger partial charge in [-0.25, -0.2) is 8.78 Å². The lowest BCUT2D eigenvalue weighted by Crippen LogP contribution is -2.29. The standard InChI is InChI=1S/C16H17BrF2O2/c17-13-7-11-3-6-21-15(11)12(8-13)9-14(20)10-1-4-16(18,19)5-2-10/h7-8,10H,1-6,9H2. The lowest BCUT2D eigenvalue weighted by atomic mass is 9.82. The van der Waals surface area contributed by atoms with E-state index in [2.05, 4.69) is 15.9 Å². The Morgan fingerprint density at radius 2 is 2.05 bits per heavy atom. The fraction of sp³-hybridized carbons (Fsp3) is 0.562. The summed E-state index contributed by atoms with van der Waals surface area (Å²) in [7, 11) is 0. The Bertz CT molecular complexity index is 562. The molecule has 21 heavy (non-hydrogen) atoms. The lowest BCUT2D eigenvalue weighted by Gasteiger charge is -2.27. The molecular weight excluding hydrogens is 342 g/mol. The number of Topliss-reactive ketones (excluding diaryl/α,β-unsaturated/α-hetero) is 1. The van der Waals surface area contributed by atoms with Gasteiger partial charge in [0.05, 0.1) is 6.61 Å². The van der Waals surface area contributed by atoms with Crippen LogP contribution in [-0.4, -0.2) is 18.3 Å². The van der Waals surface area contributed by atoms with Crippen LogP contribution >= 0.6 is 15.9 Å². The van der Waals surface area contributed by atoms with Gasteiger partial charge in [0, 0.05) is 41.6 Å². The van der Waals surface area contributed by atoms with Crippen LogP contribution in [0.3, 0.4) is 0 Å². The molecular formula is C16H17BrF2O2. The van der Waals surface area contributed by atoms with Gasteiger partial charge in [-0.1, -0.05) is 15.9 Å². The summed E-state index contributed by atoms with van der Waals surface area (Å²) < 4.78 is 32.9. The highest BCUT2D eigenvalue weighted by Crippen LogP contribution is 2.38. The highest BCUT2D eigenvalue weighted by Gasteiger charge is 2.37. The maximum atomic E-state index is 13.2. The fourth-order valence-electron chi connectivity index (χ4n) is 3.17. The number of carbonyl (C=O) groups excluding carboxylic acids is 1. The zero-order valence-corrected chi connectivity index (χ0v) is 13.2. The maximum absolute atomic E-state index is 13.2. The van der Waals surface area contributed by atoms with Gasteiger partial charge < -0.3 is 4.74 Å². The number of carbonyl (C=O) groups is 1. The first-order chi connectivity index (χ1) is 9.94. The number of alkyl halides is 2. The monoisotopic (exact) mass is 358 g/mol. The molecule has 0 spiro atoms. The van der Waals surface area contributed by atoms with Crippen LogP contribution in [-0.2, 0) is 17.6 Å². The maximum Gasteiger partial charge on any atom is 0.248 e. The molecule has 1 aliphatic carbocycles. The van der Waals surface area contributed by atoms with Gasteiger partial charge in [0.25, 0.3) is 0 Å². The van der Waals surface area contributed by atoms with E-state index in [1.54, 1.807) is 0 Å². The van der Waals surface area contributed by atoms with E-state index in [1.807, 2.05) is 12.1 Å². The van der Waals surface area contributed by atoms with E-state index in [0.29, 0.717) is 19.4 Å². The molecule has 1 heterocycles. The van der Waals surface area contributed by atoms with Crippen molar-refractivity contribution in [1.29, 1.82) is 0 Å². The summed E-state index contributed by atoms with van der Waals surface area (Å²) in [4.78, 5) is 12.4. The molecule has 1 fully saturated rings. The third-order valence-electron chi connectivity index (χ3n) is 4.36. The summed E-state index contributed by atoms with van der Waals surface area (Å²) >= 11 is 3.45. The van der Waals surface area contributed by atoms with Crippen molar-refractivity contribution in [1.82, 2.24) is 0 Å². The first kappa shape index (κ1) is 14.9. The molecule has 0 amide bonds. The number of ether oxygens (including phenoxy) is 1. The number of halogens is 3. The number of hydrogen-bond donors (Lipinski definition) is 0.